The minimum Gasteiger partial charge on any atom is -0.489 e. The fourth-order valence-electron chi connectivity index (χ4n) is 3.94. The highest BCUT2D eigenvalue weighted by molar-refractivity contribution is 14.1. The summed E-state index contributed by atoms with van der Waals surface area (Å²) in [6.07, 6.45) is -2.90. The standard InChI is InChI=1S/C24H27F4IN4O3/c1-13(2)17(8-14(3)36-12-24(26,27)28)20-9-21(32-33(20)16-6-4-15(25)5-7-16)31-23(35)19-11-30-22(34)18(19)10-29/h4-9,13,17-19H,10-12H2,1-3H3,(H,30,34)(H,31,32,35)/b14-8+/t17?,18-,19?/m1/s1. The number of hydrogen-bond acceptors (Lipinski definition) is 4. The van der Waals surface area contributed by atoms with Crippen molar-refractivity contribution >= 4 is 40.2 Å². The predicted molar refractivity (Wildman–Crippen MR) is 134 cm³/mol. The molecule has 3 rings (SSSR count). The molecule has 3 atom stereocenters. The summed E-state index contributed by atoms with van der Waals surface area (Å²) in [5.74, 6) is -2.25. The Morgan fingerprint density at radius 2 is 2.00 bits per heavy atom. The lowest BCUT2D eigenvalue weighted by atomic mass is 9.91. The fraction of sp³-hybridized carbons (Fsp3) is 0.458. The molecule has 0 radical (unpaired) electrons. The van der Waals surface area contributed by atoms with Crippen LogP contribution in [0, 0.1) is 23.6 Å². The number of allylic oxidation sites excluding steroid dienone is 2. The van der Waals surface area contributed by atoms with Gasteiger partial charge in [0.05, 0.1) is 29.0 Å². The van der Waals surface area contributed by atoms with E-state index < -0.39 is 36.4 Å². The molecule has 0 saturated carbocycles. The zero-order chi connectivity index (χ0) is 26.6. The number of nitrogens with one attached hydrogen (secondary N) is 2. The van der Waals surface area contributed by atoms with Crippen molar-refractivity contribution in [1.29, 1.82) is 0 Å². The summed E-state index contributed by atoms with van der Waals surface area (Å²) in [6, 6.07) is 7.17. The highest BCUT2D eigenvalue weighted by Crippen LogP contribution is 2.32. The minimum atomic E-state index is -4.47. The molecule has 36 heavy (non-hydrogen) atoms. The second kappa shape index (κ2) is 11.6. The maximum atomic E-state index is 13.6. The number of benzene rings is 1. The predicted octanol–water partition coefficient (Wildman–Crippen LogP) is 4.97. The zero-order valence-electron chi connectivity index (χ0n) is 19.9. The third kappa shape index (κ3) is 6.98. The van der Waals surface area contributed by atoms with Gasteiger partial charge in [0, 0.05) is 23.0 Å². The lowest BCUT2D eigenvalue weighted by Gasteiger charge is -2.20. The topological polar surface area (TPSA) is 85.3 Å². The van der Waals surface area contributed by atoms with Gasteiger partial charge in [-0.05, 0) is 43.2 Å². The number of amides is 2. The summed E-state index contributed by atoms with van der Waals surface area (Å²) >= 11 is 2.06. The first-order chi connectivity index (χ1) is 16.9. The van der Waals surface area contributed by atoms with Gasteiger partial charge in [-0.3, -0.25) is 9.59 Å². The highest BCUT2D eigenvalue weighted by atomic mass is 127. The van der Waals surface area contributed by atoms with Crippen LogP contribution in [0.2, 0.25) is 0 Å². The number of anilines is 1. The fourth-order valence-corrected chi connectivity index (χ4v) is 4.95. The van der Waals surface area contributed by atoms with Crippen molar-refractivity contribution in [2.75, 3.05) is 22.9 Å². The Balaban J connectivity index is 1.97. The van der Waals surface area contributed by atoms with Crippen LogP contribution < -0.4 is 10.6 Å². The van der Waals surface area contributed by atoms with Crippen LogP contribution in [-0.4, -0.2) is 45.4 Å². The van der Waals surface area contributed by atoms with Crippen LogP contribution in [0.1, 0.15) is 32.4 Å². The van der Waals surface area contributed by atoms with Gasteiger partial charge in [0.2, 0.25) is 11.8 Å². The maximum Gasteiger partial charge on any atom is 0.422 e. The Kier molecular flexibility index (Phi) is 9.01. The van der Waals surface area contributed by atoms with Gasteiger partial charge in [0.25, 0.3) is 0 Å². The van der Waals surface area contributed by atoms with Crippen LogP contribution in [0.4, 0.5) is 23.4 Å². The maximum absolute atomic E-state index is 13.6. The van der Waals surface area contributed by atoms with Crippen LogP contribution in [0.25, 0.3) is 5.69 Å². The van der Waals surface area contributed by atoms with Crippen LogP contribution in [-0.2, 0) is 14.3 Å². The molecule has 0 aliphatic carbocycles. The summed E-state index contributed by atoms with van der Waals surface area (Å²) in [7, 11) is 0. The number of carbonyl (C=O) groups excluding carboxylic acids is 2. The summed E-state index contributed by atoms with van der Waals surface area (Å²) in [6.45, 7) is 4.02. The second-order valence-electron chi connectivity index (χ2n) is 8.90. The highest BCUT2D eigenvalue weighted by Gasteiger charge is 2.39. The van der Waals surface area contributed by atoms with Crippen LogP contribution in [0.5, 0.6) is 0 Å². The van der Waals surface area contributed by atoms with Gasteiger partial charge in [0.1, 0.15) is 5.82 Å². The van der Waals surface area contributed by atoms with Crippen LogP contribution in [0.3, 0.4) is 0 Å². The van der Waals surface area contributed by atoms with Crippen molar-refractivity contribution in [3.8, 4) is 5.69 Å². The smallest absolute Gasteiger partial charge is 0.422 e. The van der Waals surface area contributed by atoms with Crippen molar-refractivity contribution in [3.63, 3.8) is 0 Å². The van der Waals surface area contributed by atoms with E-state index in [1.54, 1.807) is 12.1 Å². The van der Waals surface area contributed by atoms with E-state index in [-0.39, 0.29) is 35.9 Å². The van der Waals surface area contributed by atoms with Crippen molar-refractivity contribution in [3.05, 3.63) is 53.7 Å². The van der Waals surface area contributed by atoms with Gasteiger partial charge < -0.3 is 15.4 Å². The molecule has 7 nitrogen and oxygen atoms in total. The Hall–Kier alpha value is -2.64. The molecule has 1 fully saturated rings. The molecule has 0 bridgehead atoms. The number of halogens is 5. The Morgan fingerprint density at radius 1 is 1.33 bits per heavy atom. The van der Waals surface area contributed by atoms with E-state index in [0.717, 1.165) is 0 Å². The number of carbonyl (C=O) groups is 2. The molecule has 2 amide bonds. The SMILES string of the molecule is C/C(=C\C(c1cc(NC(=O)C2CNC(=O)[C@@H]2CI)nn1-c1ccc(F)cc1)C(C)C)OCC(F)(F)F. The normalized spacial score (nSPS) is 19.4. The average molecular weight is 622 g/mol. The van der Waals surface area contributed by atoms with E-state index in [0.29, 0.717) is 15.8 Å². The van der Waals surface area contributed by atoms with Crippen LogP contribution in [0.15, 0.2) is 42.2 Å². The van der Waals surface area contributed by atoms with Crippen molar-refractivity contribution < 1.29 is 31.9 Å². The lowest BCUT2D eigenvalue weighted by molar-refractivity contribution is -0.164. The Morgan fingerprint density at radius 3 is 2.58 bits per heavy atom. The minimum absolute atomic E-state index is 0.0869. The number of rotatable bonds is 9. The van der Waals surface area contributed by atoms with E-state index in [1.807, 2.05) is 13.8 Å². The average Bonchev–Trinajstić information content (AvgIpc) is 3.38. The zero-order valence-corrected chi connectivity index (χ0v) is 22.1. The third-order valence-electron chi connectivity index (χ3n) is 5.82. The van der Waals surface area contributed by atoms with Crippen molar-refractivity contribution in [2.24, 2.45) is 17.8 Å². The number of ether oxygens (including phenoxy) is 1. The van der Waals surface area contributed by atoms with Crippen LogP contribution >= 0.6 is 22.6 Å². The summed E-state index contributed by atoms with van der Waals surface area (Å²) < 4.78 is 58.3. The van der Waals surface area contributed by atoms with Gasteiger partial charge in [-0.15, -0.1) is 5.10 Å². The molecule has 1 aromatic carbocycles. The Labute approximate surface area is 219 Å². The van der Waals surface area contributed by atoms with E-state index in [2.05, 4.69) is 38.3 Å². The van der Waals surface area contributed by atoms with Gasteiger partial charge in [-0.25, -0.2) is 9.07 Å². The molecule has 2 N–H and O–H groups in total. The van der Waals surface area contributed by atoms with E-state index in [1.165, 1.54) is 35.9 Å². The number of hydrogen-bond donors (Lipinski definition) is 2. The molecule has 1 aliphatic heterocycles. The van der Waals surface area contributed by atoms with Gasteiger partial charge in [-0.2, -0.15) is 13.2 Å². The molecular formula is C24H27F4IN4O3. The third-order valence-corrected chi connectivity index (χ3v) is 6.77. The molecule has 1 aromatic heterocycles. The summed E-state index contributed by atoms with van der Waals surface area (Å²) in [5, 5.41) is 9.95. The molecule has 1 aliphatic rings. The molecule has 1 saturated heterocycles. The first kappa shape index (κ1) is 27.9. The van der Waals surface area contributed by atoms with Crippen molar-refractivity contribution in [1.82, 2.24) is 15.1 Å². The largest absolute Gasteiger partial charge is 0.489 e. The molecule has 2 aromatic rings. The molecule has 196 valence electrons. The Bertz CT molecular complexity index is 1120. The van der Waals surface area contributed by atoms with Gasteiger partial charge >= 0.3 is 6.18 Å². The number of alkyl halides is 4. The van der Waals surface area contributed by atoms with E-state index in [9.17, 15) is 27.2 Å². The van der Waals surface area contributed by atoms with Gasteiger partial charge in [0.15, 0.2) is 12.4 Å². The number of nitrogens with zero attached hydrogens (tertiary/aromatic N) is 2. The van der Waals surface area contributed by atoms with E-state index >= 15 is 0 Å². The first-order valence-corrected chi connectivity index (χ1v) is 12.8. The van der Waals surface area contributed by atoms with Gasteiger partial charge in [-0.1, -0.05) is 36.4 Å². The molecular weight excluding hydrogens is 595 g/mol. The molecule has 2 heterocycles. The van der Waals surface area contributed by atoms with E-state index in [4.69, 9.17) is 4.74 Å². The molecule has 12 heteroatoms. The first-order valence-electron chi connectivity index (χ1n) is 11.3. The number of aromatic nitrogens is 2. The molecule has 0 spiro atoms. The quantitative estimate of drug-likeness (QED) is 0.179. The second-order valence-corrected chi connectivity index (χ2v) is 9.78. The summed E-state index contributed by atoms with van der Waals surface area (Å²) in [4.78, 5) is 24.9. The molecule has 2 unspecified atom stereocenters. The lowest BCUT2D eigenvalue weighted by Crippen LogP contribution is -2.30. The summed E-state index contributed by atoms with van der Waals surface area (Å²) in [5.41, 5.74) is 1.07. The van der Waals surface area contributed by atoms with Crippen molar-refractivity contribution in [2.45, 2.75) is 32.9 Å². The monoisotopic (exact) mass is 622 g/mol.